The SMILES string of the molecule is COc1cccc(C(=O)C=CNc2ccc(I)cc2)c1. The maximum absolute atomic E-state index is 12.0. The number of carbonyl (C=O) groups excluding carboxylic acids is 1. The molecule has 0 unspecified atom stereocenters. The van der Waals surface area contributed by atoms with E-state index in [9.17, 15) is 4.79 Å². The largest absolute Gasteiger partial charge is 0.497 e. The summed E-state index contributed by atoms with van der Waals surface area (Å²) in [6.45, 7) is 0. The molecule has 0 amide bonds. The predicted molar refractivity (Wildman–Crippen MR) is 89.2 cm³/mol. The summed E-state index contributed by atoms with van der Waals surface area (Å²) in [5, 5.41) is 3.07. The average Bonchev–Trinajstić information content (AvgIpc) is 2.49. The molecular formula is C16H14INO2. The molecule has 0 bridgehead atoms. The lowest BCUT2D eigenvalue weighted by atomic mass is 10.1. The van der Waals surface area contributed by atoms with E-state index in [4.69, 9.17) is 4.74 Å². The van der Waals surface area contributed by atoms with Crippen LogP contribution in [0.15, 0.2) is 60.8 Å². The number of anilines is 1. The fraction of sp³-hybridized carbons (Fsp3) is 0.0625. The van der Waals surface area contributed by atoms with Gasteiger partial charge in [0.25, 0.3) is 0 Å². The van der Waals surface area contributed by atoms with E-state index in [1.807, 2.05) is 30.3 Å². The Kier molecular flexibility index (Phi) is 5.17. The van der Waals surface area contributed by atoms with E-state index >= 15 is 0 Å². The van der Waals surface area contributed by atoms with E-state index in [1.54, 1.807) is 31.5 Å². The van der Waals surface area contributed by atoms with Crippen molar-refractivity contribution in [3.63, 3.8) is 0 Å². The summed E-state index contributed by atoms with van der Waals surface area (Å²) in [6, 6.07) is 15.0. The molecule has 20 heavy (non-hydrogen) atoms. The normalized spacial score (nSPS) is 10.5. The van der Waals surface area contributed by atoms with Crippen LogP contribution in [-0.2, 0) is 0 Å². The predicted octanol–water partition coefficient (Wildman–Crippen LogP) is 4.11. The summed E-state index contributed by atoms with van der Waals surface area (Å²) in [7, 11) is 1.58. The molecule has 0 aliphatic carbocycles. The minimum absolute atomic E-state index is 0.0677. The fourth-order valence-electron chi connectivity index (χ4n) is 1.63. The van der Waals surface area contributed by atoms with Gasteiger partial charge < -0.3 is 10.1 Å². The first kappa shape index (κ1) is 14.6. The molecule has 102 valence electrons. The summed E-state index contributed by atoms with van der Waals surface area (Å²) >= 11 is 2.25. The third kappa shape index (κ3) is 4.09. The van der Waals surface area contributed by atoms with Crippen molar-refractivity contribution in [2.24, 2.45) is 0 Å². The summed E-state index contributed by atoms with van der Waals surface area (Å²) in [4.78, 5) is 12.0. The van der Waals surface area contributed by atoms with E-state index in [-0.39, 0.29) is 5.78 Å². The van der Waals surface area contributed by atoms with Crippen molar-refractivity contribution in [1.82, 2.24) is 0 Å². The number of halogens is 1. The molecule has 0 aromatic heterocycles. The highest BCUT2D eigenvalue weighted by Gasteiger charge is 2.02. The second-order valence-corrected chi connectivity index (χ2v) is 5.33. The standard InChI is InChI=1S/C16H14INO2/c1-20-15-4-2-3-12(11-15)16(19)9-10-18-14-7-5-13(17)6-8-14/h2-11,18H,1H3. The van der Waals surface area contributed by atoms with E-state index < -0.39 is 0 Å². The minimum atomic E-state index is -0.0677. The molecular weight excluding hydrogens is 365 g/mol. The summed E-state index contributed by atoms with van der Waals surface area (Å²) in [5.74, 6) is 0.608. The Bertz CT molecular complexity index is 621. The van der Waals surface area contributed by atoms with Gasteiger partial charge in [-0.3, -0.25) is 4.79 Å². The number of allylic oxidation sites excluding steroid dienone is 1. The molecule has 0 saturated carbocycles. The topological polar surface area (TPSA) is 38.3 Å². The van der Waals surface area contributed by atoms with Gasteiger partial charge in [-0.2, -0.15) is 0 Å². The molecule has 1 N–H and O–H groups in total. The summed E-state index contributed by atoms with van der Waals surface area (Å²) in [6.07, 6.45) is 3.15. The van der Waals surface area contributed by atoms with Crippen molar-refractivity contribution in [2.75, 3.05) is 12.4 Å². The number of rotatable bonds is 5. The van der Waals surface area contributed by atoms with E-state index in [0.717, 1.165) is 5.69 Å². The Balaban J connectivity index is 2.00. The maximum atomic E-state index is 12.0. The van der Waals surface area contributed by atoms with Crippen molar-refractivity contribution in [2.45, 2.75) is 0 Å². The zero-order chi connectivity index (χ0) is 14.4. The van der Waals surface area contributed by atoms with Crippen LogP contribution in [0.5, 0.6) is 5.75 Å². The number of benzene rings is 2. The molecule has 2 aromatic rings. The van der Waals surface area contributed by atoms with Crippen molar-refractivity contribution in [3.8, 4) is 5.75 Å². The van der Waals surface area contributed by atoms with Crippen LogP contribution < -0.4 is 10.1 Å². The molecule has 3 nitrogen and oxygen atoms in total. The van der Waals surface area contributed by atoms with Crippen LogP contribution in [0, 0.1) is 3.57 Å². The molecule has 0 aliphatic rings. The summed E-state index contributed by atoms with van der Waals surface area (Å²) < 4.78 is 6.27. The zero-order valence-electron chi connectivity index (χ0n) is 11.0. The van der Waals surface area contributed by atoms with Crippen molar-refractivity contribution in [3.05, 3.63) is 69.9 Å². The Labute approximate surface area is 131 Å². The van der Waals surface area contributed by atoms with Crippen LogP contribution >= 0.6 is 22.6 Å². The van der Waals surface area contributed by atoms with Crippen LogP contribution in [0.3, 0.4) is 0 Å². The monoisotopic (exact) mass is 379 g/mol. The van der Waals surface area contributed by atoms with Crippen molar-refractivity contribution >= 4 is 34.1 Å². The molecule has 0 fully saturated rings. The third-order valence-corrected chi connectivity index (χ3v) is 3.40. The van der Waals surface area contributed by atoms with Crippen molar-refractivity contribution < 1.29 is 9.53 Å². The van der Waals surface area contributed by atoms with Crippen LogP contribution in [0.1, 0.15) is 10.4 Å². The average molecular weight is 379 g/mol. The van der Waals surface area contributed by atoms with Gasteiger partial charge in [-0.25, -0.2) is 0 Å². The van der Waals surface area contributed by atoms with Crippen LogP contribution in [0.2, 0.25) is 0 Å². The van der Waals surface area contributed by atoms with Gasteiger partial charge >= 0.3 is 0 Å². The van der Waals surface area contributed by atoms with Crippen LogP contribution in [0.4, 0.5) is 5.69 Å². The van der Waals surface area contributed by atoms with Crippen LogP contribution in [-0.4, -0.2) is 12.9 Å². The number of methoxy groups -OCH3 is 1. The number of nitrogens with one attached hydrogen (secondary N) is 1. The first-order valence-corrected chi connectivity index (χ1v) is 7.14. The first-order chi connectivity index (χ1) is 9.69. The highest BCUT2D eigenvalue weighted by Crippen LogP contribution is 2.14. The minimum Gasteiger partial charge on any atom is -0.497 e. The molecule has 2 aromatic carbocycles. The van der Waals surface area contributed by atoms with Gasteiger partial charge in [0.2, 0.25) is 0 Å². The summed E-state index contributed by atoms with van der Waals surface area (Å²) in [5.41, 5.74) is 1.55. The van der Waals surface area contributed by atoms with Gasteiger partial charge in [0.1, 0.15) is 5.75 Å². The quantitative estimate of drug-likeness (QED) is 0.483. The second kappa shape index (κ2) is 7.09. The molecule has 0 heterocycles. The highest BCUT2D eigenvalue weighted by molar-refractivity contribution is 14.1. The molecule has 2 rings (SSSR count). The fourth-order valence-corrected chi connectivity index (χ4v) is 1.99. The Morgan fingerprint density at radius 1 is 1.20 bits per heavy atom. The van der Waals surface area contributed by atoms with E-state index in [2.05, 4.69) is 27.9 Å². The third-order valence-electron chi connectivity index (χ3n) is 2.68. The van der Waals surface area contributed by atoms with E-state index in [0.29, 0.717) is 11.3 Å². The van der Waals surface area contributed by atoms with Gasteiger partial charge in [-0.05, 0) is 59.0 Å². The van der Waals surface area contributed by atoms with Crippen molar-refractivity contribution in [1.29, 1.82) is 0 Å². The molecule has 0 atom stereocenters. The molecule has 0 radical (unpaired) electrons. The van der Waals surface area contributed by atoms with Gasteiger partial charge in [0.15, 0.2) is 5.78 Å². The maximum Gasteiger partial charge on any atom is 0.187 e. The number of hydrogen-bond donors (Lipinski definition) is 1. The number of ether oxygens (including phenoxy) is 1. The Morgan fingerprint density at radius 2 is 1.95 bits per heavy atom. The Morgan fingerprint density at radius 3 is 2.65 bits per heavy atom. The first-order valence-electron chi connectivity index (χ1n) is 6.06. The lowest BCUT2D eigenvalue weighted by molar-refractivity contribution is 0.104. The molecule has 0 saturated heterocycles. The van der Waals surface area contributed by atoms with Gasteiger partial charge in [0, 0.05) is 27.1 Å². The lowest BCUT2D eigenvalue weighted by Gasteiger charge is -2.02. The number of carbonyl (C=O) groups is 1. The molecule has 4 heteroatoms. The Hall–Kier alpha value is -1.82. The number of ketones is 1. The van der Waals surface area contributed by atoms with Gasteiger partial charge in [-0.15, -0.1) is 0 Å². The number of hydrogen-bond acceptors (Lipinski definition) is 3. The lowest BCUT2D eigenvalue weighted by Crippen LogP contribution is -1.97. The molecule has 0 aliphatic heterocycles. The molecule has 0 spiro atoms. The van der Waals surface area contributed by atoms with Gasteiger partial charge in [-0.1, -0.05) is 12.1 Å². The zero-order valence-corrected chi connectivity index (χ0v) is 13.1. The smallest absolute Gasteiger partial charge is 0.187 e. The second-order valence-electron chi connectivity index (χ2n) is 4.08. The van der Waals surface area contributed by atoms with E-state index in [1.165, 1.54) is 9.65 Å². The van der Waals surface area contributed by atoms with Crippen LogP contribution in [0.25, 0.3) is 0 Å². The van der Waals surface area contributed by atoms with Gasteiger partial charge in [0.05, 0.1) is 7.11 Å². The highest BCUT2D eigenvalue weighted by atomic mass is 127.